The van der Waals surface area contributed by atoms with Gasteiger partial charge < -0.3 is 9.47 Å². The molecule has 0 N–H and O–H groups in total. The van der Waals surface area contributed by atoms with Gasteiger partial charge in [0.25, 0.3) is 0 Å². The fraction of sp³-hybridized carbons (Fsp3) is 0.870. The van der Waals surface area contributed by atoms with E-state index in [0.717, 1.165) is 44.9 Å². The normalized spacial score (nSPS) is 52.2. The molecule has 0 radical (unpaired) electrons. The first kappa shape index (κ1) is 18.6. The predicted molar refractivity (Wildman–Crippen MR) is 101 cm³/mol. The zero-order valence-corrected chi connectivity index (χ0v) is 17.2. The summed E-state index contributed by atoms with van der Waals surface area (Å²) in [6.45, 7) is 5.82. The molecule has 9 atom stereocenters. The molecule has 5 nitrogen and oxygen atoms in total. The van der Waals surface area contributed by atoms with Gasteiger partial charge in [0, 0.05) is 19.3 Å². The molecule has 5 heteroatoms. The maximum atomic E-state index is 13.5. The standard InChI is InChI=1S/C23H32O5/c1-12-17-6-7-18-16-5-4-14-10-15(28-13(2)24)8-9-22(14,3)19(16)11-20(25)23(17,18)21(26)27-12/h12,14-19H,4-11H2,1-3H3/t12-,14+,15+,16+,17-,18+,19+,22+,23+/m1/s1. The van der Waals surface area contributed by atoms with Crippen molar-refractivity contribution in [2.75, 3.05) is 0 Å². The van der Waals surface area contributed by atoms with Crippen LogP contribution in [0.3, 0.4) is 0 Å². The Labute approximate surface area is 166 Å². The number of Topliss-reactive ketones (excluding diaryl/α,β-unsaturated/α-hetero) is 1. The lowest BCUT2D eigenvalue weighted by molar-refractivity contribution is -0.173. The number of carbonyl (C=O) groups is 3. The molecule has 5 rings (SSSR count). The molecule has 1 saturated heterocycles. The van der Waals surface area contributed by atoms with Crippen LogP contribution in [0.5, 0.6) is 0 Å². The van der Waals surface area contributed by atoms with E-state index in [2.05, 4.69) is 6.92 Å². The van der Waals surface area contributed by atoms with Gasteiger partial charge in [-0.2, -0.15) is 0 Å². The first-order chi connectivity index (χ1) is 13.3. The number of hydrogen-bond donors (Lipinski definition) is 0. The summed E-state index contributed by atoms with van der Waals surface area (Å²) >= 11 is 0. The summed E-state index contributed by atoms with van der Waals surface area (Å²) in [6.07, 6.45) is 7.40. The second-order valence-corrected chi connectivity index (χ2v) is 10.5. The summed E-state index contributed by atoms with van der Waals surface area (Å²) in [4.78, 5) is 37.9. The van der Waals surface area contributed by atoms with Gasteiger partial charge in [0.15, 0.2) is 5.78 Å². The fourth-order valence-electron chi connectivity index (χ4n) is 8.40. The van der Waals surface area contributed by atoms with Crippen LogP contribution < -0.4 is 0 Å². The van der Waals surface area contributed by atoms with Crippen molar-refractivity contribution >= 4 is 17.7 Å². The highest BCUT2D eigenvalue weighted by atomic mass is 16.6. The Morgan fingerprint density at radius 1 is 1.07 bits per heavy atom. The summed E-state index contributed by atoms with van der Waals surface area (Å²) < 4.78 is 11.1. The third-order valence-electron chi connectivity index (χ3n) is 9.57. The van der Waals surface area contributed by atoms with Crippen molar-refractivity contribution in [1.29, 1.82) is 0 Å². The van der Waals surface area contributed by atoms with Gasteiger partial charge in [-0.05, 0) is 81.0 Å². The number of carbonyl (C=O) groups excluding carboxylic acids is 3. The Balaban J connectivity index is 1.44. The molecule has 4 saturated carbocycles. The molecule has 0 aromatic rings. The van der Waals surface area contributed by atoms with E-state index < -0.39 is 5.41 Å². The summed E-state index contributed by atoms with van der Waals surface area (Å²) in [5, 5.41) is 0. The zero-order chi connectivity index (χ0) is 19.8. The van der Waals surface area contributed by atoms with Crippen LogP contribution in [-0.4, -0.2) is 29.9 Å². The highest BCUT2D eigenvalue weighted by Crippen LogP contribution is 2.68. The number of rotatable bonds is 1. The van der Waals surface area contributed by atoms with Crippen molar-refractivity contribution in [3.8, 4) is 0 Å². The Morgan fingerprint density at radius 3 is 2.57 bits per heavy atom. The molecule has 0 amide bonds. The summed E-state index contributed by atoms with van der Waals surface area (Å²) in [5.41, 5.74) is -0.720. The van der Waals surface area contributed by atoms with E-state index in [0.29, 0.717) is 24.2 Å². The van der Waals surface area contributed by atoms with Crippen LogP contribution in [0.25, 0.3) is 0 Å². The van der Waals surface area contributed by atoms with Crippen LogP contribution in [-0.2, 0) is 23.9 Å². The van der Waals surface area contributed by atoms with Crippen LogP contribution >= 0.6 is 0 Å². The minimum atomic E-state index is -0.835. The number of fused-ring (bicyclic) bond motifs is 4. The summed E-state index contributed by atoms with van der Waals surface area (Å²) in [7, 11) is 0. The molecule has 4 aliphatic carbocycles. The Morgan fingerprint density at radius 2 is 1.82 bits per heavy atom. The third-order valence-corrected chi connectivity index (χ3v) is 9.57. The number of ether oxygens (including phenoxy) is 2. The van der Waals surface area contributed by atoms with Crippen molar-refractivity contribution in [2.24, 2.45) is 40.4 Å². The first-order valence-corrected chi connectivity index (χ1v) is 11.2. The average molecular weight is 389 g/mol. The van der Waals surface area contributed by atoms with E-state index in [1.165, 1.54) is 6.92 Å². The second kappa shape index (κ2) is 6.06. The van der Waals surface area contributed by atoms with E-state index in [4.69, 9.17) is 9.47 Å². The molecular formula is C23H32O5. The lowest BCUT2D eigenvalue weighted by Gasteiger charge is -2.59. The number of hydrogen-bond acceptors (Lipinski definition) is 5. The van der Waals surface area contributed by atoms with Gasteiger partial charge in [-0.25, -0.2) is 0 Å². The van der Waals surface area contributed by atoms with Crippen molar-refractivity contribution < 1.29 is 23.9 Å². The Kier molecular flexibility index (Phi) is 4.03. The number of esters is 2. The number of ketones is 1. The van der Waals surface area contributed by atoms with Crippen LogP contribution in [0.1, 0.15) is 72.1 Å². The molecule has 1 heterocycles. The average Bonchev–Trinajstić information content (AvgIpc) is 3.14. The van der Waals surface area contributed by atoms with Gasteiger partial charge in [-0.3, -0.25) is 14.4 Å². The van der Waals surface area contributed by atoms with Crippen molar-refractivity contribution in [1.82, 2.24) is 0 Å². The van der Waals surface area contributed by atoms with E-state index in [1.54, 1.807) is 0 Å². The van der Waals surface area contributed by atoms with E-state index in [1.807, 2.05) is 6.92 Å². The molecule has 1 spiro atoms. The molecule has 5 aliphatic rings. The quantitative estimate of drug-likeness (QED) is 0.506. The smallest absolute Gasteiger partial charge is 0.320 e. The van der Waals surface area contributed by atoms with Crippen molar-refractivity contribution in [3.63, 3.8) is 0 Å². The largest absolute Gasteiger partial charge is 0.463 e. The summed E-state index contributed by atoms with van der Waals surface area (Å²) in [6, 6.07) is 0. The SMILES string of the molecule is CC(=O)O[C@H]1CC[C@@]2(C)[C@@H](CC[C@@H]3[C@@H]2CC(=O)[C@]24C(=O)O[C@H](C)[C@H]2CC[C@@H]34)C1. The minimum absolute atomic E-state index is 0.0271. The number of cyclic esters (lactones) is 1. The van der Waals surface area contributed by atoms with Gasteiger partial charge in [-0.15, -0.1) is 0 Å². The Bertz CT molecular complexity index is 731. The van der Waals surface area contributed by atoms with Crippen molar-refractivity contribution in [2.45, 2.75) is 84.3 Å². The lowest BCUT2D eigenvalue weighted by atomic mass is 9.44. The predicted octanol–water partition coefficient (Wildman–Crippen LogP) is 3.68. The fourth-order valence-corrected chi connectivity index (χ4v) is 8.40. The first-order valence-electron chi connectivity index (χ1n) is 11.2. The van der Waals surface area contributed by atoms with Crippen LogP contribution in [0.2, 0.25) is 0 Å². The maximum absolute atomic E-state index is 13.5. The molecule has 0 bridgehead atoms. The molecule has 0 unspecified atom stereocenters. The second-order valence-electron chi connectivity index (χ2n) is 10.5. The van der Waals surface area contributed by atoms with E-state index >= 15 is 0 Å². The Hall–Kier alpha value is -1.39. The van der Waals surface area contributed by atoms with Crippen LogP contribution in [0.15, 0.2) is 0 Å². The molecule has 0 aromatic carbocycles. The highest BCUT2D eigenvalue weighted by Gasteiger charge is 2.72. The van der Waals surface area contributed by atoms with E-state index in [-0.39, 0.29) is 47.2 Å². The van der Waals surface area contributed by atoms with Gasteiger partial charge in [0.05, 0.1) is 0 Å². The topological polar surface area (TPSA) is 69.7 Å². The molecule has 0 aromatic heterocycles. The van der Waals surface area contributed by atoms with Gasteiger partial charge in [-0.1, -0.05) is 6.92 Å². The van der Waals surface area contributed by atoms with Gasteiger partial charge >= 0.3 is 11.9 Å². The maximum Gasteiger partial charge on any atom is 0.320 e. The van der Waals surface area contributed by atoms with E-state index in [9.17, 15) is 14.4 Å². The summed E-state index contributed by atoms with van der Waals surface area (Å²) in [5.74, 6) is 1.32. The monoisotopic (exact) mass is 388 g/mol. The van der Waals surface area contributed by atoms with Crippen LogP contribution in [0, 0.1) is 40.4 Å². The molecule has 154 valence electrons. The van der Waals surface area contributed by atoms with Crippen LogP contribution in [0.4, 0.5) is 0 Å². The molecule has 1 aliphatic heterocycles. The van der Waals surface area contributed by atoms with Crippen molar-refractivity contribution in [3.05, 3.63) is 0 Å². The molecule has 28 heavy (non-hydrogen) atoms. The van der Waals surface area contributed by atoms with Gasteiger partial charge in [0.1, 0.15) is 17.6 Å². The van der Waals surface area contributed by atoms with Gasteiger partial charge in [0.2, 0.25) is 0 Å². The third kappa shape index (κ3) is 2.22. The molecular weight excluding hydrogens is 356 g/mol. The zero-order valence-electron chi connectivity index (χ0n) is 17.2. The molecule has 5 fully saturated rings. The lowest BCUT2D eigenvalue weighted by Crippen LogP contribution is -2.59. The minimum Gasteiger partial charge on any atom is -0.463 e. The highest BCUT2D eigenvalue weighted by molar-refractivity contribution is 6.07.